The van der Waals surface area contributed by atoms with E-state index < -0.39 is 0 Å². The molecule has 0 radical (unpaired) electrons. The van der Waals surface area contributed by atoms with Crippen LogP contribution in [-0.2, 0) is 6.42 Å². The average Bonchev–Trinajstić information content (AvgIpc) is 2.77. The SMILES string of the molecule is CNC(C)Cc1nc(-c2ccnc(C)n2)no1. The number of rotatable bonds is 4. The molecule has 2 aromatic rings. The van der Waals surface area contributed by atoms with E-state index >= 15 is 0 Å². The summed E-state index contributed by atoms with van der Waals surface area (Å²) in [6, 6.07) is 2.07. The summed E-state index contributed by atoms with van der Waals surface area (Å²) in [5.74, 6) is 1.81. The molecule has 0 aliphatic rings. The molecule has 1 unspecified atom stereocenters. The van der Waals surface area contributed by atoms with E-state index in [-0.39, 0.29) is 0 Å². The van der Waals surface area contributed by atoms with Gasteiger partial charge in [-0.25, -0.2) is 9.97 Å². The second-order valence-electron chi connectivity index (χ2n) is 3.89. The first-order valence-electron chi connectivity index (χ1n) is 5.49. The molecular formula is C11H15N5O. The highest BCUT2D eigenvalue weighted by molar-refractivity contribution is 5.46. The van der Waals surface area contributed by atoms with Crippen LogP contribution >= 0.6 is 0 Å². The van der Waals surface area contributed by atoms with Crippen LogP contribution in [0.15, 0.2) is 16.8 Å². The summed E-state index contributed by atoms with van der Waals surface area (Å²) in [4.78, 5) is 12.6. The summed E-state index contributed by atoms with van der Waals surface area (Å²) in [6.07, 6.45) is 2.39. The van der Waals surface area contributed by atoms with E-state index in [0.29, 0.717) is 35.7 Å². The molecule has 0 saturated heterocycles. The van der Waals surface area contributed by atoms with Crippen LogP contribution in [-0.4, -0.2) is 33.2 Å². The molecule has 2 rings (SSSR count). The van der Waals surface area contributed by atoms with Crippen LogP contribution < -0.4 is 5.32 Å². The Hall–Kier alpha value is -1.82. The first-order valence-corrected chi connectivity index (χ1v) is 5.49. The van der Waals surface area contributed by atoms with Gasteiger partial charge in [-0.2, -0.15) is 4.98 Å². The van der Waals surface area contributed by atoms with Gasteiger partial charge in [0.25, 0.3) is 0 Å². The Kier molecular flexibility index (Phi) is 3.43. The fourth-order valence-electron chi connectivity index (χ4n) is 1.39. The molecule has 2 heterocycles. The van der Waals surface area contributed by atoms with Gasteiger partial charge in [0, 0.05) is 18.7 Å². The summed E-state index contributed by atoms with van der Waals surface area (Å²) in [7, 11) is 1.90. The van der Waals surface area contributed by atoms with E-state index in [0.717, 1.165) is 0 Å². The number of nitrogens with zero attached hydrogens (tertiary/aromatic N) is 4. The van der Waals surface area contributed by atoms with Crippen molar-refractivity contribution in [3.63, 3.8) is 0 Å². The Labute approximate surface area is 99.5 Å². The van der Waals surface area contributed by atoms with Crippen molar-refractivity contribution in [1.82, 2.24) is 25.4 Å². The van der Waals surface area contributed by atoms with Gasteiger partial charge in [-0.05, 0) is 27.0 Å². The Morgan fingerprint density at radius 3 is 2.94 bits per heavy atom. The van der Waals surface area contributed by atoms with Crippen LogP contribution in [0.2, 0.25) is 0 Å². The number of aromatic nitrogens is 4. The Morgan fingerprint density at radius 2 is 2.24 bits per heavy atom. The second-order valence-corrected chi connectivity index (χ2v) is 3.89. The quantitative estimate of drug-likeness (QED) is 0.848. The van der Waals surface area contributed by atoms with Gasteiger partial charge >= 0.3 is 0 Å². The predicted octanol–water partition coefficient (Wildman–Crippen LogP) is 0.985. The standard InChI is InChI=1S/C11H15N5O/c1-7(12-3)6-10-15-11(16-17-10)9-4-5-13-8(2)14-9/h4-5,7,12H,6H2,1-3H3. The second kappa shape index (κ2) is 5.01. The molecule has 1 N–H and O–H groups in total. The average molecular weight is 233 g/mol. The molecule has 17 heavy (non-hydrogen) atoms. The van der Waals surface area contributed by atoms with Crippen LogP contribution in [0, 0.1) is 6.92 Å². The topological polar surface area (TPSA) is 76.7 Å². The lowest BCUT2D eigenvalue weighted by Crippen LogP contribution is -2.23. The first kappa shape index (κ1) is 11.7. The van der Waals surface area contributed by atoms with Gasteiger partial charge in [-0.15, -0.1) is 0 Å². The largest absolute Gasteiger partial charge is 0.339 e. The highest BCUT2D eigenvalue weighted by Crippen LogP contribution is 2.12. The van der Waals surface area contributed by atoms with Crippen molar-refractivity contribution in [1.29, 1.82) is 0 Å². The van der Waals surface area contributed by atoms with Gasteiger partial charge in [0.15, 0.2) is 0 Å². The normalized spacial score (nSPS) is 12.6. The smallest absolute Gasteiger partial charge is 0.228 e. The fraction of sp³-hybridized carbons (Fsp3) is 0.455. The van der Waals surface area contributed by atoms with Crippen molar-refractivity contribution in [2.45, 2.75) is 26.3 Å². The maximum atomic E-state index is 5.17. The molecule has 0 bridgehead atoms. The molecule has 0 aromatic carbocycles. The van der Waals surface area contributed by atoms with Gasteiger partial charge < -0.3 is 9.84 Å². The van der Waals surface area contributed by atoms with Gasteiger partial charge in [-0.3, -0.25) is 0 Å². The number of hydrogen-bond acceptors (Lipinski definition) is 6. The lowest BCUT2D eigenvalue weighted by atomic mass is 10.2. The molecule has 0 fully saturated rings. The Bertz CT molecular complexity index is 496. The van der Waals surface area contributed by atoms with Gasteiger partial charge in [0.2, 0.25) is 11.7 Å². The third-order valence-electron chi connectivity index (χ3n) is 2.45. The van der Waals surface area contributed by atoms with Crippen molar-refractivity contribution in [3.05, 3.63) is 24.0 Å². The van der Waals surface area contributed by atoms with Crippen LogP contribution in [0.4, 0.5) is 0 Å². The first-order chi connectivity index (χ1) is 8.19. The fourth-order valence-corrected chi connectivity index (χ4v) is 1.39. The monoisotopic (exact) mass is 233 g/mol. The third-order valence-corrected chi connectivity index (χ3v) is 2.45. The highest BCUT2D eigenvalue weighted by atomic mass is 16.5. The zero-order valence-electron chi connectivity index (χ0n) is 10.1. The van der Waals surface area contributed by atoms with Crippen molar-refractivity contribution < 1.29 is 4.52 Å². The number of aryl methyl sites for hydroxylation is 1. The predicted molar refractivity (Wildman–Crippen MR) is 62.3 cm³/mol. The third kappa shape index (κ3) is 2.85. The zero-order chi connectivity index (χ0) is 12.3. The molecule has 0 amide bonds. The maximum absolute atomic E-state index is 5.17. The van der Waals surface area contributed by atoms with Crippen molar-refractivity contribution >= 4 is 0 Å². The minimum Gasteiger partial charge on any atom is -0.339 e. The van der Waals surface area contributed by atoms with Gasteiger partial charge in [0.05, 0.1) is 0 Å². The van der Waals surface area contributed by atoms with Crippen molar-refractivity contribution in [2.75, 3.05) is 7.05 Å². The highest BCUT2D eigenvalue weighted by Gasteiger charge is 2.12. The summed E-state index contributed by atoms with van der Waals surface area (Å²) < 4.78 is 5.17. The Balaban J connectivity index is 2.18. The van der Waals surface area contributed by atoms with Gasteiger partial charge in [-0.1, -0.05) is 5.16 Å². The molecule has 0 aliphatic carbocycles. The van der Waals surface area contributed by atoms with E-state index in [2.05, 4.69) is 32.3 Å². The lowest BCUT2D eigenvalue weighted by Gasteiger charge is -2.04. The maximum Gasteiger partial charge on any atom is 0.228 e. The Morgan fingerprint density at radius 1 is 1.41 bits per heavy atom. The molecule has 1 atom stereocenters. The van der Waals surface area contributed by atoms with Crippen molar-refractivity contribution in [2.24, 2.45) is 0 Å². The van der Waals surface area contributed by atoms with E-state index in [1.165, 1.54) is 0 Å². The lowest BCUT2D eigenvalue weighted by molar-refractivity contribution is 0.365. The van der Waals surface area contributed by atoms with E-state index in [4.69, 9.17) is 4.52 Å². The summed E-state index contributed by atoms with van der Waals surface area (Å²) in [6.45, 7) is 3.88. The minimum atomic E-state index is 0.301. The van der Waals surface area contributed by atoms with E-state index in [1.54, 1.807) is 12.3 Å². The van der Waals surface area contributed by atoms with Crippen LogP contribution in [0.25, 0.3) is 11.5 Å². The van der Waals surface area contributed by atoms with Gasteiger partial charge in [0.1, 0.15) is 11.5 Å². The molecular weight excluding hydrogens is 218 g/mol. The molecule has 0 spiro atoms. The van der Waals surface area contributed by atoms with Crippen LogP contribution in [0.1, 0.15) is 18.6 Å². The molecule has 90 valence electrons. The molecule has 0 aliphatic heterocycles. The molecule has 2 aromatic heterocycles. The van der Waals surface area contributed by atoms with Crippen molar-refractivity contribution in [3.8, 4) is 11.5 Å². The summed E-state index contributed by atoms with van der Waals surface area (Å²) in [5, 5.41) is 7.03. The van der Waals surface area contributed by atoms with E-state index in [9.17, 15) is 0 Å². The number of nitrogens with one attached hydrogen (secondary N) is 1. The number of hydrogen-bond donors (Lipinski definition) is 1. The number of likely N-dealkylation sites (N-methyl/N-ethyl adjacent to an activating group) is 1. The molecule has 0 saturated carbocycles. The summed E-state index contributed by atoms with van der Waals surface area (Å²) >= 11 is 0. The van der Waals surface area contributed by atoms with E-state index in [1.807, 2.05) is 14.0 Å². The molecule has 6 heteroatoms. The van der Waals surface area contributed by atoms with Crippen LogP contribution in [0.3, 0.4) is 0 Å². The molecule has 6 nitrogen and oxygen atoms in total. The summed E-state index contributed by atoms with van der Waals surface area (Å²) in [5.41, 5.74) is 0.685. The van der Waals surface area contributed by atoms with Crippen LogP contribution in [0.5, 0.6) is 0 Å². The zero-order valence-corrected chi connectivity index (χ0v) is 10.1. The minimum absolute atomic E-state index is 0.301.